The molecule has 0 amide bonds. The predicted octanol–water partition coefficient (Wildman–Crippen LogP) is 1.88. The Balaban J connectivity index is 1.76. The molecule has 3 rings (SSSR count). The Kier molecular flexibility index (Phi) is 3.38. The summed E-state index contributed by atoms with van der Waals surface area (Å²) in [6.07, 6.45) is 1.10. The van der Waals surface area contributed by atoms with Crippen LogP contribution >= 0.6 is 0 Å². The minimum absolute atomic E-state index is 0.326. The third kappa shape index (κ3) is 2.56. The van der Waals surface area contributed by atoms with Crippen molar-refractivity contribution in [3.05, 3.63) is 12.1 Å². The first kappa shape index (κ1) is 12.4. The third-order valence-corrected chi connectivity index (χ3v) is 3.77. The monoisotopic (exact) mass is 264 g/mol. The van der Waals surface area contributed by atoms with Crippen molar-refractivity contribution in [2.45, 2.75) is 19.4 Å². The van der Waals surface area contributed by atoms with Crippen molar-refractivity contribution < 1.29 is 14.2 Å². The van der Waals surface area contributed by atoms with Crippen LogP contribution in [0.15, 0.2) is 12.1 Å². The molecule has 1 fully saturated rings. The molecule has 2 aliphatic heterocycles. The highest BCUT2D eigenvalue weighted by Crippen LogP contribution is 2.37. The van der Waals surface area contributed by atoms with E-state index in [1.165, 1.54) is 0 Å². The average Bonchev–Trinajstić information content (AvgIpc) is 2.93. The van der Waals surface area contributed by atoms with Gasteiger partial charge in [0.05, 0.1) is 18.0 Å². The highest BCUT2D eigenvalue weighted by Gasteiger charge is 2.23. The first-order valence-corrected chi connectivity index (χ1v) is 6.77. The number of hydrogen-bond donors (Lipinski definition) is 2. The molecule has 1 aromatic rings. The van der Waals surface area contributed by atoms with E-state index in [4.69, 9.17) is 19.9 Å². The van der Waals surface area contributed by atoms with E-state index in [1.54, 1.807) is 0 Å². The van der Waals surface area contributed by atoms with Crippen molar-refractivity contribution in [2.75, 3.05) is 37.5 Å². The second kappa shape index (κ2) is 5.17. The van der Waals surface area contributed by atoms with E-state index in [-0.39, 0.29) is 0 Å². The third-order valence-electron chi connectivity index (χ3n) is 3.77. The van der Waals surface area contributed by atoms with Gasteiger partial charge in [-0.1, -0.05) is 0 Å². The number of benzene rings is 1. The maximum Gasteiger partial charge on any atom is 0.163 e. The minimum Gasteiger partial charge on any atom is -0.486 e. The van der Waals surface area contributed by atoms with E-state index >= 15 is 0 Å². The van der Waals surface area contributed by atoms with Crippen LogP contribution in [0.5, 0.6) is 11.5 Å². The summed E-state index contributed by atoms with van der Waals surface area (Å²) in [6.45, 7) is 5.00. The van der Waals surface area contributed by atoms with Gasteiger partial charge in [-0.25, -0.2) is 0 Å². The van der Waals surface area contributed by atoms with E-state index < -0.39 is 0 Å². The Hall–Kier alpha value is -1.62. The minimum atomic E-state index is 0.326. The molecule has 0 radical (unpaired) electrons. The second-order valence-electron chi connectivity index (χ2n) is 5.14. The maximum atomic E-state index is 6.06. The number of hydrogen-bond acceptors (Lipinski definition) is 5. The molecule has 5 heteroatoms. The lowest BCUT2D eigenvalue weighted by Crippen LogP contribution is -2.26. The predicted molar refractivity (Wildman–Crippen MR) is 73.9 cm³/mol. The van der Waals surface area contributed by atoms with Crippen molar-refractivity contribution in [2.24, 2.45) is 5.92 Å². The highest BCUT2D eigenvalue weighted by molar-refractivity contribution is 5.72. The Bertz CT molecular complexity index is 458. The summed E-state index contributed by atoms with van der Waals surface area (Å²) in [5, 5.41) is 3.46. The van der Waals surface area contributed by atoms with Crippen LogP contribution in [0.2, 0.25) is 0 Å². The number of fused-ring (bicyclic) bond motifs is 1. The summed E-state index contributed by atoms with van der Waals surface area (Å²) >= 11 is 0. The summed E-state index contributed by atoms with van der Waals surface area (Å²) in [5.74, 6) is 2.02. The van der Waals surface area contributed by atoms with Crippen LogP contribution in [0.1, 0.15) is 13.3 Å². The van der Waals surface area contributed by atoms with Gasteiger partial charge in [0.25, 0.3) is 0 Å². The summed E-state index contributed by atoms with van der Waals surface area (Å²) < 4.78 is 16.5. The molecule has 2 atom stereocenters. The van der Waals surface area contributed by atoms with E-state index in [2.05, 4.69) is 12.2 Å². The smallest absolute Gasteiger partial charge is 0.163 e. The fraction of sp³-hybridized carbons (Fsp3) is 0.571. The van der Waals surface area contributed by atoms with Crippen LogP contribution in [0.3, 0.4) is 0 Å². The Morgan fingerprint density at radius 3 is 2.63 bits per heavy atom. The van der Waals surface area contributed by atoms with Crippen LogP contribution in [-0.2, 0) is 4.74 Å². The fourth-order valence-electron chi connectivity index (χ4n) is 2.54. The quantitative estimate of drug-likeness (QED) is 0.816. The molecule has 0 bridgehead atoms. The Morgan fingerprint density at radius 2 is 1.95 bits per heavy atom. The SMILES string of the molecule is CC(Nc1cc2c(cc1N)OCCO2)C1CCOC1. The molecule has 104 valence electrons. The zero-order chi connectivity index (χ0) is 13.2. The molecule has 2 aliphatic rings. The molecule has 2 heterocycles. The summed E-state index contributed by atoms with van der Waals surface area (Å²) in [7, 11) is 0. The number of nitrogen functional groups attached to an aromatic ring is 1. The van der Waals surface area contributed by atoms with Crippen molar-refractivity contribution in [1.82, 2.24) is 0 Å². The van der Waals surface area contributed by atoms with Crippen LogP contribution in [0, 0.1) is 5.92 Å². The standard InChI is InChI=1S/C14H20N2O3/c1-9(10-2-3-17-8-10)16-12-7-14-13(6-11(12)15)18-4-5-19-14/h6-7,9-10,16H,2-5,8,15H2,1H3. The first-order chi connectivity index (χ1) is 9.24. The number of nitrogens with two attached hydrogens (primary N) is 1. The normalized spacial score (nSPS) is 23.1. The number of anilines is 2. The van der Waals surface area contributed by atoms with Crippen LogP contribution in [-0.4, -0.2) is 32.5 Å². The summed E-state index contributed by atoms with van der Waals surface area (Å²) in [4.78, 5) is 0. The van der Waals surface area contributed by atoms with E-state index in [9.17, 15) is 0 Å². The van der Waals surface area contributed by atoms with Gasteiger partial charge in [-0.15, -0.1) is 0 Å². The van der Waals surface area contributed by atoms with Crippen LogP contribution in [0.4, 0.5) is 11.4 Å². The lowest BCUT2D eigenvalue weighted by Gasteiger charge is -2.24. The number of nitrogens with one attached hydrogen (secondary N) is 1. The van der Waals surface area contributed by atoms with Gasteiger partial charge in [0.2, 0.25) is 0 Å². The number of rotatable bonds is 3. The summed E-state index contributed by atoms with van der Waals surface area (Å²) in [6, 6.07) is 4.08. The molecule has 3 N–H and O–H groups in total. The molecule has 19 heavy (non-hydrogen) atoms. The van der Waals surface area contributed by atoms with E-state index in [0.717, 1.165) is 36.8 Å². The van der Waals surface area contributed by atoms with E-state index in [0.29, 0.717) is 30.9 Å². The molecule has 0 spiro atoms. The van der Waals surface area contributed by atoms with Gasteiger partial charge in [0, 0.05) is 30.7 Å². The molecule has 5 nitrogen and oxygen atoms in total. The lowest BCUT2D eigenvalue weighted by molar-refractivity contribution is 0.172. The number of ether oxygens (including phenoxy) is 3. The van der Waals surface area contributed by atoms with Gasteiger partial charge in [-0.2, -0.15) is 0 Å². The average molecular weight is 264 g/mol. The molecular formula is C14H20N2O3. The topological polar surface area (TPSA) is 65.7 Å². The van der Waals surface area contributed by atoms with Crippen molar-refractivity contribution in [3.63, 3.8) is 0 Å². The van der Waals surface area contributed by atoms with Crippen molar-refractivity contribution in [3.8, 4) is 11.5 Å². The van der Waals surface area contributed by atoms with Crippen molar-refractivity contribution >= 4 is 11.4 Å². The Labute approximate surface area is 113 Å². The van der Waals surface area contributed by atoms with Crippen LogP contribution in [0.25, 0.3) is 0 Å². The largest absolute Gasteiger partial charge is 0.486 e. The van der Waals surface area contributed by atoms with Gasteiger partial charge in [-0.3, -0.25) is 0 Å². The van der Waals surface area contributed by atoms with Crippen LogP contribution < -0.4 is 20.5 Å². The lowest BCUT2D eigenvalue weighted by atomic mass is 10.0. The second-order valence-corrected chi connectivity index (χ2v) is 5.14. The molecule has 0 aliphatic carbocycles. The molecule has 0 aromatic heterocycles. The van der Waals surface area contributed by atoms with Gasteiger partial charge in [-0.05, 0) is 13.3 Å². The van der Waals surface area contributed by atoms with E-state index in [1.807, 2.05) is 12.1 Å². The zero-order valence-corrected chi connectivity index (χ0v) is 11.1. The zero-order valence-electron chi connectivity index (χ0n) is 11.1. The molecular weight excluding hydrogens is 244 g/mol. The molecule has 2 unspecified atom stereocenters. The highest BCUT2D eigenvalue weighted by atomic mass is 16.6. The van der Waals surface area contributed by atoms with Crippen molar-refractivity contribution in [1.29, 1.82) is 0 Å². The van der Waals surface area contributed by atoms with Gasteiger partial charge < -0.3 is 25.3 Å². The molecule has 1 aromatic carbocycles. The maximum absolute atomic E-state index is 6.06. The molecule has 0 saturated carbocycles. The van der Waals surface area contributed by atoms with Gasteiger partial charge in [0.1, 0.15) is 13.2 Å². The van der Waals surface area contributed by atoms with Gasteiger partial charge in [0.15, 0.2) is 11.5 Å². The first-order valence-electron chi connectivity index (χ1n) is 6.77. The van der Waals surface area contributed by atoms with Gasteiger partial charge >= 0.3 is 0 Å². The molecule has 1 saturated heterocycles. The fourth-order valence-corrected chi connectivity index (χ4v) is 2.54. The summed E-state index contributed by atoms with van der Waals surface area (Å²) in [5.41, 5.74) is 7.66. The Morgan fingerprint density at radius 1 is 1.21 bits per heavy atom.